The summed E-state index contributed by atoms with van der Waals surface area (Å²) in [5.74, 6) is -0.220. The van der Waals surface area contributed by atoms with Gasteiger partial charge in [-0.3, -0.25) is 4.98 Å². The number of hydrogen-bond donors (Lipinski definition) is 1. The molecule has 1 N–H and O–H groups in total. The lowest BCUT2D eigenvalue weighted by atomic mass is 10.1. The van der Waals surface area contributed by atoms with Crippen LogP contribution in [0.25, 0.3) is 22.2 Å². The minimum atomic E-state index is -0.220. The van der Waals surface area contributed by atoms with Crippen LogP contribution in [0.15, 0.2) is 36.5 Å². The molecule has 0 atom stereocenters. The number of nitrogens with zero attached hydrogens (tertiary/aromatic N) is 1. The van der Waals surface area contributed by atoms with E-state index in [4.69, 9.17) is 0 Å². The fourth-order valence-corrected chi connectivity index (χ4v) is 2.20. The van der Waals surface area contributed by atoms with Gasteiger partial charge in [-0.2, -0.15) is 0 Å². The highest BCUT2D eigenvalue weighted by Gasteiger charge is 2.10. The second kappa shape index (κ2) is 3.95. The molecule has 0 aliphatic heterocycles. The smallest absolute Gasteiger partial charge is 0.123 e. The standard InChI is InChI=1S/C15H13FN2/c1-9-10(2)18-15-13(7-8-17-14(9)15)11-3-5-12(16)6-4-11/h3-8,18H,1-2H3. The van der Waals surface area contributed by atoms with Crippen LogP contribution in [-0.2, 0) is 0 Å². The van der Waals surface area contributed by atoms with Gasteiger partial charge in [-0.15, -0.1) is 0 Å². The molecule has 3 heteroatoms. The minimum Gasteiger partial charge on any atom is -0.357 e. The Balaban J connectivity index is 2.29. The summed E-state index contributed by atoms with van der Waals surface area (Å²) < 4.78 is 13.0. The van der Waals surface area contributed by atoms with E-state index in [1.807, 2.05) is 13.0 Å². The summed E-state index contributed by atoms with van der Waals surface area (Å²) in [4.78, 5) is 7.75. The Hall–Kier alpha value is -2.16. The normalized spacial score (nSPS) is 11.1. The van der Waals surface area contributed by atoms with Crippen molar-refractivity contribution in [3.8, 4) is 11.1 Å². The molecule has 0 radical (unpaired) electrons. The van der Waals surface area contributed by atoms with Crippen LogP contribution in [0.3, 0.4) is 0 Å². The topological polar surface area (TPSA) is 28.7 Å². The molecule has 0 spiro atoms. The van der Waals surface area contributed by atoms with Crippen molar-refractivity contribution in [3.63, 3.8) is 0 Å². The Morgan fingerprint density at radius 1 is 1.06 bits per heavy atom. The Labute approximate surface area is 104 Å². The molecular formula is C15H13FN2. The highest BCUT2D eigenvalue weighted by Crippen LogP contribution is 2.29. The van der Waals surface area contributed by atoms with Crippen LogP contribution in [0, 0.1) is 19.7 Å². The molecule has 2 heterocycles. The van der Waals surface area contributed by atoms with Crippen molar-refractivity contribution in [3.05, 3.63) is 53.6 Å². The zero-order valence-corrected chi connectivity index (χ0v) is 10.3. The van der Waals surface area contributed by atoms with E-state index in [2.05, 4.69) is 16.9 Å². The van der Waals surface area contributed by atoms with Crippen molar-refractivity contribution in [1.29, 1.82) is 0 Å². The molecule has 0 aliphatic rings. The summed E-state index contributed by atoms with van der Waals surface area (Å²) in [6.45, 7) is 4.08. The predicted octanol–water partition coefficient (Wildman–Crippen LogP) is 3.99. The summed E-state index contributed by atoms with van der Waals surface area (Å²) in [7, 11) is 0. The molecule has 2 nitrogen and oxygen atoms in total. The summed E-state index contributed by atoms with van der Waals surface area (Å²) in [6.07, 6.45) is 1.79. The van der Waals surface area contributed by atoms with Gasteiger partial charge < -0.3 is 4.98 Å². The number of aryl methyl sites for hydroxylation is 2. The van der Waals surface area contributed by atoms with Crippen molar-refractivity contribution in [1.82, 2.24) is 9.97 Å². The van der Waals surface area contributed by atoms with Crippen molar-refractivity contribution in [2.75, 3.05) is 0 Å². The first-order chi connectivity index (χ1) is 8.66. The van der Waals surface area contributed by atoms with E-state index >= 15 is 0 Å². The Morgan fingerprint density at radius 2 is 1.78 bits per heavy atom. The minimum absolute atomic E-state index is 0.220. The van der Waals surface area contributed by atoms with Gasteiger partial charge in [0.1, 0.15) is 5.82 Å². The monoisotopic (exact) mass is 240 g/mol. The third-order valence-electron chi connectivity index (χ3n) is 3.34. The molecule has 0 amide bonds. The van der Waals surface area contributed by atoms with E-state index < -0.39 is 0 Å². The number of halogens is 1. The number of aromatic amines is 1. The maximum atomic E-state index is 13.0. The van der Waals surface area contributed by atoms with Crippen LogP contribution in [0.2, 0.25) is 0 Å². The van der Waals surface area contributed by atoms with E-state index in [1.54, 1.807) is 18.3 Å². The maximum Gasteiger partial charge on any atom is 0.123 e. The van der Waals surface area contributed by atoms with Crippen molar-refractivity contribution < 1.29 is 4.39 Å². The lowest BCUT2D eigenvalue weighted by Gasteiger charge is -2.03. The van der Waals surface area contributed by atoms with E-state index in [1.165, 1.54) is 12.1 Å². The molecule has 3 rings (SSSR count). The molecule has 0 fully saturated rings. The summed E-state index contributed by atoms with van der Waals surface area (Å²) >= 11 is 0. The molecule has 0 bridgehead atoms. The third kappa shape index (κ3) is 1.59. The van der Waals surface area contributed by atoms with Gasteiger partial charge >= 0.3 is 0 Å². The van der Waals surface area contributed by atoms with E-state index in [9.17, 15) is 4.39 Å². The van der Waals surface area contributed by atoms with Crippen LogP contribution >= 0.6 is 0 Å². The Bertz CT molecular complexity index is 711. The van der Waals surface area contributed by atoms with Gasteiger partial charge in [0.2, 0.25) is 0 Å². The molecule has 90 valence electrons. The van der Waals surface area contributed by atoms with Crippen LogP contribution in [-0.4, -0.2) is 9.97 Å². The quantitative estimate of drug-likeness (QED) is 0.684. The largest absolute Gasteiger partial charge is 0.357 e. The van der Waals surface area contributed by atoms with Gasteiger partial charge in [0.05, 0.1) is 11.0 Å². The molecule has 1 aromatic carbocycles. The van der Waals surface area contributed by atoms with Gasteiger partial charge in [-0.05, 0) is 43.2 Å². The van der Waals surface area contributed by atoms with E-state index in [0.717, 1.165) is 33.4 Å². The second-order valence-electron chi connectivity index (χ2n) is 4.46. The summed E-state index contributed by atoms with van der Waals surface area (Å²) in [5.41, 5.74) is 6.32. The first-order valence-electron chi connectivity index (χ1n) is 5.86. The van der Waals surface area contributed by atoms with Gasteiger partial charge in [0.25, 0.3) is 0 Å². The predicted molar refractivity (Wildman–Crippen MR) is 71.0 cm³/mol. The number of nitrogens with one attached hydrogen (secondary N) is 1. The molecular weight excluding hydrogens is 227 g/mol. The van der Waals surface area contributed by atoms with Crippen LogP contribution < -0.4 is 0 Å². The average molecular weight is 240 g/mol. The first-order valence-corrected chi connectivity index (χ1v) is 5.86. The van der Waals surface area contributed by atoms with Crippen LogP contribution in [0.5, 0.6) is 0 Å². The van der Waals surface area contributed by atoms with Crippen LogP contribution in [0.1, 0.15) is 11.3 Å². The summed E-state index contributed by atoms with van der Waals surface area (Å²) in [5, 5.41) is 0. The molecule has 0 saturated carbocycles. The fourth-order valence-electron chi connectivity index (χ4n) is 2.20. The zero-order chi connectivity index (χ0) is 12.7. The number of hydrogen-bond acceptors (Lipinski definition) is 1. The van der Waals surface area contributed by atoms with Gasteiger partial charge in [-0.25, -0.2) is 4.39 Å². The van der Waals surface area contributed by atoms with Gasteiger partial charge in [0.15, 0.2) is 0 Å². The van der Waals surface area contributed by atoms with E-state index in [-0.39, 0.29) is 5.82 Å². The molecule has 2 aromatic heterocycles. The van der Waals surface area contributed by atoms with Crippen molar-refractivity contribution in [2.24, 2.45) is 0 Å². The van der Waals surface area contributed by atoms with Crippen molar-refractivity contribution >= 4 is 11.0 Å². The number of fused-ring (bicyclic) bond motifs is 1. The Kier molecular flexibility index (Phi) is 2.40. The number of H-pyrrole nitrogens is 1. The average Bonchev–Trinajstić information content (AvgIpc) is 2.67. The number of pyridine rings is 1. The van der Waals surface area contributed by atoms with Crippen LogP contribution in [0.4, 0.5) is 4.39 Å². The summed E-state index contributed by atoms with van der Waals surface area (Å²) in [6, 6.07) is 8.48. The highest BCUT2D eigenvalue weighted by molar-refractivity contribution is 5.94. The molecule has 18 heavy (non-hydrogen) atoms. The molecule has 0 aliphatic carbocycles. The SMILES string of the molecule is Cc1[nH]c2c(-c3ccc(F)cc3)ccnc2c1C. The third-order valence-corrected chi connectivity index (χ3v) is 3.34. The maximum absolute atomic E-state index is 13.0. The fraction of sp³-hybridized carbons (Fsp3) is 0.133. The number of rotatable bonds is 1. The number of aromatic nitrogens is 2. The second-order valence-corrected chi connectivity index (χ2v) is 4.46. The number of benzene rings is 1. The molecule has 0 unspecified atom stereocenters. The lowest BCUT2D eigenvalue weighted by molar-refractivity contribution is 0.628. The molecule has 3 aromatic rings. The van der Waals surface area contributed by atoms with Gasteiger partial charge in [-0.1, -0.05) is 12.1 Å². The van der Waals surface area contributed by atoms with Gasteiger partial charge in [0, 0.05) is 17.5 Å². The van der Waals surface area contributed by atoms with E-state index in [0.29, 0.717) is 0 Å². The Morgan fingerprint density at radius 3 is 2.50 bits per heavy atom. The highest BCUT2D eigenvalue weighted by atomic mass is 19.1. The van der Waals surface area contributed by atoms with Crippen molar-refractivity contribution in [2.45, 2.75) is 13.8 Å². The first kappa shape index (κ1) is 11.0. The lowest BCUT2D eigenvalue weighted by Crippen LogP contribution is -1.83. The zero-order valence-electron chi connectivity index (χ0n) is 10.3. The molecule has 0 saturated heterocycles.